The minimum Gasteiger partial charge on any atom is -0.379 e. The molecule has 2 rings (SSSR count). The first-order valence-electron chi connectivity index (χ1n) is 12.1. The lowest BCUT2D eigenvalue weighted by atomic mass is 10.1. The smallest absolute Gasteiger partial charge is 0.326 e. The van der Waals surface area contributed by atoms with Gasteiger partial charge in [0.05, 0.1) is 13.2 Å². The summed E-state index contributed by atoms with van der Waals surface area (Å²) in [6, 6.07) is 3.20. The minimum absolute atomic E-state index is 0.198. The number of nitrogens with zero attached hydrogens (tertiary/aromatic N) is 6. The number of hydrazine groups is 1. The van der Waals surface area contributed by atoms with Crippen molar-refractivity contribution in [3.63, 3.8) is 0 Å². The molecule has 2 amide bonds. The van der Waals surface area contributed by atoms with E-state index in [-0.39, 0.29) is 5.96 Å². The number of amides is 2. The predicted molar refractivity (Wildman–Crippen MR) is 133 cm³/mol. The summed E-state index contributed by atoms with van der Waals surface area (Å²) >= 11 is 0. The lowest BCUT2D eigenvalue weighted by molar-refractivity contribution is 0.0355. The van der Waals surface area contributed by atoms with Crippen LogP contribution in [0.5, 0.6) is 0 Å². The first-order chi connectivity index (χ1) is 16.6. The molecule has 188 valence electrons. The van der Waals surface area contributed by atoms with Crippen LogP contribution >= 0.6 is 0 Å². The molecule has 0 radical (unpaired) electrons. The summed E-state index contributed by atoms with van der Waals surface area (Å²) in [4.78, 5) is 23.3. The number of nitrogens with two attached hydrogens (primary N) is 2. The highest BCUT2D eigenvalue weighted by Crippen LogP contribution is 2.14. The number of hydrogen-bond acceptors (Lipinski definition) is 7. The average Bonchev–Trinajstić information content (AvgIpc) is 2.84. The van der Waals surface area contributed by atoms with Crippen LogP contribution < -0.4 is 21.8 Å². The van der Waals surface area contributed by atoms with Crippen LogP contribution in [0.15, 0.2) is 29.5 Å². The molecule has 0 spiro atoms. The Hall–Kier alpha value is -2.94. The quantitative estimate of drug-likeness (QED) is 0.114. The Bertz CT molecular complexity index is 763. The van der Waals surface area contributed by atoms with E-state index in [2.05, 4.69) is 20.3 Å². The number of carbonyl (C=O) groups is 1. The number of morpholine rings is 1. The molecule has 0 aliphatic carbocycles. The third-order valence-electron chi connectivity index (χ3n) is 5.75. The van der Waals surface area contributed by atoms with Crippen LogP contribution in [0, 0.1) is 11.5 Å². The van der Waals surface area contributed by atoms with Crippen molar-refractivity contribution in [3.8, 4) is 6.19 Å². The fourth-order valence-electron chi connectivity index (χ4n) is 3.98. The Morgan fingerprint density at radius 1 is 1.06 bits per heavy atom. The molecular formula is C23H39N9O2. The summed E-state index contributed by atoms with van der Waals surface area (Å²) < 4.78 is 5.38. The molecule has 0 aromatic carbocycles. The SMILES string of the molecule is N#CN=C(N)N(CCCCCCCCN(CCCN1CCOCC1)NC(N)=O)c1ccncc1. The Morgan fingerprint density at radius 3 is 2.32 bits per heavy atom. The van der Waals surface area contributed by atoms with Crippen molar-refractivity contribution >= 4 is 17.7 Å². The molecule has 11 heteroatoms. The molecule has 0 bridgehead atoms. The summed E-state index contributed by atoms with van der Waals surface area (Å²) in [5.74, 6) is 0.198. The monoisotopic (exact) mass is 473 g/mol. The van der Waals surface area contributed by atoms with E-state index < -0.39 is 6.03 Å². The maximum atomic E-state index is 11.3. The van der Waals surface area contributed by atoms with Gasteiger partial charge in [-0.1, -0.05) is 25.7 Å². The van der Waals surface area contributed by atoms with E-state index in [0.717, 1.165) is 96.6 Å². The van der Waals surface area contributed by atoms with Crippen LogP contribution in [-0.4, -0.2) is 79.4 Å². The molecule has 0 saturated carbocycles. The summed E-state index contributed by atoms with van der Waals surface area (Å²) in [5, 5.41) is 10.8. The van der Waals surface area contributed by atoms with Gasteiger partial charge in [0, 0.05) is 50.8 Å². The zero-order valence-corrected chi connectivity index (χ0v) is 20.1. The Morgan fingerprint density at radius 2 is 1.68 bits per heavy atom. The number of aromatic nitrogens is 1. The second kappa shape index (κ2) is 16.6. The van der Waals surface area contributed by atoms with E-state index in [1.807, 2.05) is 22.0 Å². The number of guanidine groups is 1. The van der Waals surface area contributed by atoms with Gasteiger partial charge in [0.25, 0.3) is 0 Å². The van der Waals surface area contributed by atoms with Crippen LogP contribution in [0.25, 0.3) is 0 Å². The Kier molecular flexibility index (Phi) is 13.4. The zero-order chi connectivity index (χ0) is 24.4. The third kappa shape index (κ3) is 11.3. The van der Waals surface area contributed by atoms with Gasteiger partial charge in [-0.15, -0.1) is 4.99 Å². The first kappa shape index (κ1) is 27.3. The highest BCUT2D eigenvalue weighted by Gasteiger charge is 2.12. The molecule has 11 nitrogen and oxygen atoms in total. The first-order valence-corrected chi connectivity index (χ1v) is 12.1. The summed E-state index contributed by atoms with van der Waals surface area (Å²) in [6.07, 6.45) is 12.5. The van der Waals surface area contributed by atoms with Crippen molar-refractivity contribution in [2.45, 2.75) is 44.9 Å². The molecule has 34 heavy (non-hydrogen) atoms. The highest BCUT2D eigenvalue weighted by atomic mass is 16.5. The van der Waals surface area contributed by atoms with E-state index in [4.69, 9.17) is 21.5 Å². The molecule has 5 N–H and O–H groups in total. The van der Waals surface area contributed by atoms with Crippen LogP contribution in [0.3, 0.4) is 0 Å². The number of nitriles is 1. The van der Waals surface area contributed by atoms with Crippen molar-refractivity contribution in [3.05, 3.63) is 24.5 Å². The molecule has 1 aliphatic rings. The molecule has 1 aromatic heterocycles. The zero-order valence-electron chi connectivity index (χ0n) is 20.1. The number of carbonyl (C=O) groups excluding carboxylic acids is 1. The van der Waals surface area contributed by atoms with Crippen molar-refractivity contribution in [2.24, 2.45) is 16.5 Å². The number of nitrogens with one attached hydrogen (secondary N) is 1. The Labute approximate surface area is 202 Å². The van der Waals surface area contributed by atoms with Gasteiger partial charge in [-0.2, -0.15) is 5.26 Å². The van der Waals surface area contributed by atoms with Gasteiger partial charge in [-0.25, -0.2) is 9.80 Å². The minimum atomic E-state index is -0.510. The van der Waals surface area contributed by atoms with Crippen LogP contribution in [0.1, 0.15) is 44.9 Å². The predicted octanol–water partition coefficient (Wildman–Crippen LogP) is 1.63. The fraction of sp³-hybridized carbons (Fsp3) is 0.652. The van der Waals surface area contributed by atoms with Gasteiger partial charge in [0.2, 0.25) is 12.2 Å². The van der Waals surface area contributed by atoms with Gasteiger partial charge >= 0.3 is 6.03 Å². The van der Waals surface area contributed by atoms with Crippen LogP contribution in [0.2, 0.25) is 0 Å². The molecular weight excluding hydrogens is 434 g/mol. The molecule has 1 fully saturated rings. The molecule has 2 heterocycles. The second-order valence-electron chi connectivity index (χ2n) is 8.32. The van der Waals surface area contributed by atoms with Crippen molar-refractivity contribution in [1.29, 1.82) is 5.26 Å². The van der Waals surface area contributed by atoms with Gasteiger partial charge in [0.1, 0.15) is 0 Å². The number of rotatable bonds is 15. The summed E-state index contributed by atoms with van der Waals surface area (Å²) in [5.41, 5.74) is 14.9. The largest absolute Gasteiger partial charge is 0.379 e. The lowest BCUT2D eigenvalue weighted by Crippen LogP contribution is -2.47. The summed E-state index contributed by atoms with van der Waals surface area (Å²) in [6.45, 7) is 6.82. The molecule has 1 saturated heterocycles. The molecule has 1 aromatic rings. The number of ether oxygens (including phenoxy) is 1. The summed E-state index contributed by atoms with van der Waals surface area (Å²) in [7, 11) is 0. The number of urea groups is 1. The number of hydrogen-bond donors (Lipinski definition) is 3. The van der Waals surface area contributed by atoms with Crippen molar-refractivity contribution in [1.82, 2.24) is 20.3 Å². The third-order valence-corrected chi connectivity index (χ3v) is 5.75. The fourth-order valence-corrected chi connectivity index (χ4v) is 3.98. The molecule has 0 unspecified atom stereocenters. The van der Waals surface area contributed by atoms with Gasteiger partial charge in [-0.05, 0) is 37.9 Å². The topological polar surface area (TPSA) is 149 Å². The molecule has 0 atom stereocenters. The Balaban J connectivity index is 1.60. The van der Waals surface area contributed by atoms with Gasteiger partial charge in [0.15, 0.2) is 0 Å². The average molecular weight is 474 g/mol. The van der Waals surface area contributed by atoms with E-state index in [9.17, 15) is 4.79 Å². The van der Waals surface area contributed by atoms with E-state index in [1.54, 1.807) is 18.6 Å². The van der Waals surface area contributed by atoms with Crippen LogP contribution in [0.4, 0.5) is 10.5 Å². The normalized spacial score (nSPS) is 14.6. The number of aliphatic imine (C=N–C) groups is 1. The van der Waals surface area contributed by atoms with E-state index >= 15 is 0 Å². The number of pyridine rings is 1. The van der Waals surface area contributed by atoms with Crippen molar-refractivity contribution < 1.29 is 9.53 Å². The maximum absolute atomic E-state index is 11.3. The number of primary amides is 1. The second-order valence-corrected chi connectivity index (χ2v) is 8.32. The van der Waals surface area contributed by atoms with Gasteiger partial charge in [-0.3, -0.25) is 15.3 Å². The lowest BCUT2D eigenvalue weighted by Gasteiger charge is -2.28. The number of anilines is 1. The van der Waals surface area contributed by atoms with E-state index in [1.165, 1.54) is 0 Å². The molecule has 1 aliphatic heterocycles. The van der Waals surface area contributed by atoms with Crippen molar-refractivity contribution in [2.75, 3.05) is 57.4 Å². The number of unbranched alkanes of at least 4 members (excludes halogenated alkanes) is 5. The van der Waals surface area contributed by atoms with Gasteiger partial charge < -0.3 is 21.1 Å². The van der Waals surface area contributed by atoms with E-state index in [0.29, 0.717) is 6.54 Å². The standard InChI is InChI=1S/C23H39N9O2/c24-20-28-22(25)32(21-8-10-27-11-9-21)15-6-4-2-1-3-5-13-31(29-23(26)33)14-7-12-30-16-18-34-19-17-30/h8-11H,1-7,12-19H2,(H2,25,28)(H3,26,29,33). The maximum Gasteiger partial charge on any atom is 0.326 e. The highest BCUT2D eigenvalue weighted by molar-refractivity contribution is 5.95. The van der Waals surface area contributed by atoms with Crippen LogP contribution in [-0.2, 0) is 4.74 Å².